The quantitative estimate of drug-likeness (QED) is 0.226. The molecule has 0 amide bonds. The van der Waals surface area contributed by atoms with Crippen molar-refractivity contribution < 1.29 is 0 Å². The van der Waals surface area contributed by atoms with Gasteiger partial charge in [0.25, 0.3) is 6.71 Å². The Labute approximate surface area is 252 Å². The van der Waals surface area contributed by atoms with E-state index in [4.69, 9.17) is 0 Å². The molecule has 41 heavy (non-hydrogen) atoms. The summed E-state index contributed by atoms with van der Waals surface area (Å²) in [5, 5.41) is 1.43. The lowest BCUT2D eigenvalue weighted by atomic mass is 9.40. The van der Waals surface area contributed by atoms with E-state index in [0.29, 0.717) is 12.6 Å². The maximum atomic E-state index is 4.06. The average Bonchev–Trinajstić information content (AvgIpc) is 3.30. The Balaban J connectivity index is 1.50. The largest absolute Gasteiger partial charge is 0.344 e. The Morgan fingerprint density at radius 1 is 1.05 bits per heavy atom. The van der Waals surface area contributed by atoms with Crippen molar-refractivity contribution in [2.75, 3.05) is 16.3 Å². The normalized spacial score (nSPS) is 19.3. The summed E-state index contributed by atoms with van der Waals surface area (Å²) in [6.07, 6.45) is 12.3. The van der Waals surface area contributed by atoms with Gasteiger partial charge >= 0.3 is 0 Å². The van der Waals surface area contributed by atoms with Crippen LogP contribution >= 0.6 is 11.3 Å². The third-order valence-electron chi connectivity index (χ3n) is 9.79. The molecule has 3 heterocycles. The van der Waals surface area contributed by atoms with Gasteiger partial charge in [0.2, 0.25) is 0 Å². The number of allylic oxidation sites excluding steroid dienone is 3. The number of anilines is 2. The maximum Gasteiger partial charge on any atom is 0.250 e. The second kappa shape index (κ2) is 10.1. The lowest BCUT2D eigenvalue weighted by Gasteiger charge is -2.42. The monoisotopic (exact) mass is 560 g/mol. The van der Waals surface area contributed by atoms with E-state index in [2.05, 4.69) is 127 Å². The molecule has 6 rings (SSSR count). The molecule has 0 atom stereocenters. The minimum atomic E-state index is 0.203. The van der Waals surface area contributed by atoms with E-state index in [0.717, 1.165) is 13.0 Å². The molecular formula is C37H45BN2S. The lowest BCUT2D eigenvalue weighted by molar-refractivity contribution is 0.332. The van der Waals surface area contributed by atoms with Crippen LogP contribution in [0.2, 0.25) is 0 Å². The highest BCUT2D eigenvalue weighted by molar-refractivity contribution is 7.31. The first-order valence-corrected chi connectivity index (χ1v) is 16.2. The highest BCUT2D eigenvalue weighted by Gasteiger charge is 2.40. The van der Waals surface area contributed by atoms with Gasteiger partial charge in [0, 0.05) is 45.2 Å². The number of rotatable bonds is 5. The third kappa shape index (κ3) is 4.63. The molecule has 0 saturated carbocycles. The smallest absolute Gasteiger partial charge is 0.250 e. The second-order valence-corrected chi connectivity index (χ2v) is 15.1. The van der Waals surface area contributed by atoms with Crippen molar-refractivity contribution in [1.29, 1.82) is 0 Å². The van der Waals surface area contributed by atoms with Crippen molar-refractivity contribution in [3.05, 3.63) is 101 Å². The Morgan fingerprint density at radius 3 is 2.41 bits per heavy atom. The van der Waals surface area contributed by atoms with Crippen molar-refractivity contribution in [3.8, 4) is 0 Å². The van der Waals surface area contributed by atoms with E-state index in [-0.39, 0.29) is 10.8 Å². The number of nitrogens with zero attached hydrogens (tertiary/aromatic N) is 2. The van der Waals surface area contributed by atoms with Crippen molar-refractivity contribution in [2.45, 2.75) is 91.4 Å². The molecule has 2 aliphatic heterocycles. The summed E-state index contributed by atoms with van der Waals surface area (Å²) < 4.78 is 2.91. The van der Waals surface area contributed by atoms with Crippen molar-refractivity contribution in [1.82, 2.24) is 0 Å². The van der Waals surface area contributed by atoms with E-state index in [9.17, 15) is 0 Å². The van der Waals surface area contributed by atoms with Crippen LogP contribution in [0, 0.1) is 0 Å². The summed E-state index contributed by atoms with van der Waals surface area (Å²) in [5.74, 6) is 3.02. The van der Waals surface area contributed by atoms with Crippen LogP contribution < -0.4 is 14.6 Å². The second-order valence-electron chi connectivity index (χ2n) is 14.0. The minimum absolute atomic E-state index is 0.203. The third-order valence-corrected chi connectivity index (χ3v) is 11.0. The predicted molar refractivity (Wildman–Crippen MR) is 183 cm³/mol. The van der Waals surface area contributed by atoms with Gasteiger partial charge in [-0.2, -0.15) is 0 Å². The zero-order valence-corrected chi connectivity index (χ0v) is 27.1. The summed E-state index contributed by atoms with van der Waals surface area (Å²) in [7, 11) is 0. The molecule has 0 N–H and O–H groups in total. The van der Waals surface area contributed by atoms with E-state index in [1.165, 1.54) is 61.4 Å². The molecule has 212 valence electrons. The van der Waals surface area contributed by atoms with Crippen molar-refractivity contribution >= 4 is 44.3 Å². The predicted octanol–water partition coefficient (Wildman–Crippen LogP) is 9.54. The molecule has 1 aromatic heterocycles. The highest BCUT2D eigenvalue weighted by atomic mass is 32.1. The summed E-state index contributed by atoms with van der Waals surface area (Å²) in [4.78, 5) is 4.92. The number of hydrogen-bond acceptors (Lipinski definition) is 3. The van der Waals surface area contributed by atoms with Crippen molar-refractivity contribution in [3.63, 3.8) is 0 Å². The van der Waals surface area contributed by atoms with Gasteiger partial charge in [-0.15, -0.1) is 17.9 Å². The Morgan fingerprint density at radius 2 is 1.76 bits per heavy atom. The number of hydrogen-bond donors (Lipinski definition) is 0. The fourth-order valence-corrected chi connectivity index (χ4v) is 8.54. The molecule has 4 heteroatoms. The van der Waals surface area contributed by atoms with Crippen LogP contribution in [0.4, 0.5) is 11.4 Å². The van der Waals surface area contributed by atoms with Crippen LogP contribution in [-0.4, -0.2) is 13.3 Å². The van der Waals surface area contributed by atoms with Crippen LogP contribution in [0.15, 0.2) is 78.6 Å². The van der Waals surface area contributed by atoms with Gasteiger partial charge in [0.1, 0.15) is 0 Å². The topological polar surface area (TPSA) is 6.48 Å². The van der Waals surface area contributed by atoms with Gasteiger partial charge in [0.05, 0.1) is 5.69 Å². The molecule has 2 aromatic carbocycles. The Bertz CT molecular complexity index is 1630. The lowest BCUT2D eigenvalue weighted by Crippen LogP contribution is -2.46. The molecule has 3 aromatic rings. The molecule has 0 radical (unpaired) electrons. The molecule has 2 nitrogen and oxygen atoms in total. The van der Waals surface area contributed by atoms with E-state index < -0.39 is 0 Å². The molecular weight excluding hydrogens is 515 g/mol. The van der Waals surface area contributed by atoms with Gasteiger partial charge in [0.15, 0.2) is 0 Å². The molecule has 0 spiro atoms. The van der Waals surface area contributed by atoms with Gasteiger partial charge < -0.3 is 9.80 Å². The fourth-order valence-electron chi connectivity index (χ4n) is 7.19. The van der Waals surface area contributed by atoms with Gasteiger partial charge in [-0.1, -0.05) is 77.3 Å². The minimum Gasteiger partial charge on any atom is -0.344 e. The summed E-state index contributed by atoms with van der Waals surface area (Å²) in [5.41, 5.74) is 11.7. The van der Waals surface area contributed by atoms with E-state index in [1.54, 1.807) is 11.1 Å². The van der Waals surface area contributed by atoms with Gasteiger partial charge in [-0.3, -0.25) is 0 Å². The van der Waals surface area contributed by atoms with Gasteiger partial charge in [-0.05, 0) is 90.3 Å². The number of thiophene rings is 1. The average molecular weight is 561 g/mol. The van der Waals surface area contributed by atoms with E-state index in [1.807, 2.05) is 17.4 Å². The van der Waals surface area contributed by atoms with Crippen LogP contribution in [0.1, 0.15) is 96.4 Å². The molecule has 0 bridgehead atoms. The molecule has 1 aliphatic carbocycles. The van der Waals surface area contributed by atoms with Crippen LogP contribution in [-0.2, 0) is 17.3 Å². The SMILES string of the molecule is C=CCc1cc(C(C)C)ccc1N1C=C2CN(/C=C/C)c3c(sc4cc5c(cc34)C(C)(C)CCC5(C)C)B2C=C1C. The maximum absolute atomic E-state index is 4.06. The zero-order valence-electron chi connectivity index (χ0n) is 26.3. The van der Waals surface area contributed by atoms with Gasteiger partial charge in [-0.25, -0.2) is 0 Å². The molecule has 3 aliphatic rings. The summed E-state index contributed by atoms with van der Waals surface area (Å²) >= 11 is 2.01. The van der Waals surface area contributed by atoms with E-state index >= 15 is 0 Å². The standard InChI is InChI=1S/C37H45BN2S/c1-10-12-27-18-26(24(3)4)13-14-32(27)40-23-28-22-39(17-11-2)34-29-19-30-31(37(8,9)16-15-36(30,6)7)20-33(29)41-35(34)38(28)21-25(40)5/h10-11,13-14,17-21,23-24H,1,12,15-16,22H2,2-9H3/b17-11+. The van der Waals surface area contributed by atoms with Crippen LogP contribution in [0.5, 0.6) is 0 Å². The zero-order chi connectivity index (χ0) is 29.3. The highest BCUT2D eigenvalue weighted by Crippen LogP contribution is 2.49. The number of benzene rings is 2. The Hall–Kier alpha value is -2.98. The first kappa shape index (κ1) is 28.2. The molecule has 0 fully saturated rings. The molecule has 0 unspecified atom stereocenters. The molecule has 0 saturated heterocycles. The first-order valence-electron chi connectivity index (χ1n) is 15.4. The van der Waals surface area contributed by atoms with Crippen LogP contribution in [0.3, 0.4) is 0 Å². The Kier molecular flexibility index (Phi) is 6.93. The fraction of sp³-hybridized carbons (Fsp3) is 0.405. The van der Waals surface area contributed by atoms with Crippen LogP contribution in [0.25, 0.3) is 10.1 Å². The summed E-state index contributed by atoms with van der Waals surface area (Å²) in [6, 6.07) is 12.1. The van der Waals surface area contributed by atoms with Crippen molar-refractivity contribution in [2.24, 2.45) is 0 Å². The number of fused-ring (bicyclic) bond motifs is 6. The summed E-state index contributed by atoms with van der Waals surface area (Å²) in [6.45, 7) is 24.0. The first-order chi connectivity index (χ1) is 19.4.